The van der Waals surface area contributed by atoms with Gasteiger partial charge < -0.3 is 4.90 Å². The summed E-state index contributed by atoms with van der Waals surface area (Å²) in [6, 6.07) is 5.22. The molecule has 0 atom stereocenters. The summed E-state index contributed by atoms with van der Waals surface area (Å²) in [5, 5.41) is 9.06. The van der Waals surface area contributed by atoms with Crippen LogP contribution in [0.25, 0.3) is 0 Å². The number of nitrogens with zero attached hydrogens (tertiary/aromatic N) is 2. The van der Waals surface area contributed by atoms with Crippen LogP contribution >= 0.6 is 0 Å². The molecule has 1 aromatic carbocycles. The zero-order valence-electron chi connectivity index (χ0n) is 14.3. The quantitative estimate of drug-likeness (QED) is 0.825. The number of carbonyl (C=O) groups is 1. The van der Waals surface area contributed by atoms with E-state index in [4.69, 9.17) is 5.26 Å². The van der Waals surface area contributed by atoms with E-state index in [1.54, 1.807) is 24.8 Å². The number of hydrogen-bond donors (Lipinski definition) is 1. The van der Waals surface area contributed by atoms with Crippen molar-refractivity contribution in [1.82, 2.24) is 9.62 Å². The fourth-order valence-electron chi connectivity index (χ4n) is 3.16. The number of amides is 1. The normalized spacial score (nSPS) is 15.2. The molecule has 1 aliphatic rings. The summed E-state index contributed by atoms with van der Waals surface area (Å²) >= 11 is 0. The summed E-state index contributed by atoms with van der Waals surface area (Å²) in [4.78, 5) is 14.6. The zero-order valence-corrected chi connectivity index (χ0v) is 15.1. The fourth-order valence-corrected chi connectivity index (χ4v) is 4.23. The number of aryl methyl sites for hydroxylation is 1. The van der Waals surface area contributed by atoms with Crippen molar-refractivity contribution in [1.29, 1.82) is 5.26 Å². The maximum Gasteiger partial charge on any atom is 0.255 e. The Morgan fingerprint density at radius 3 is 2.50 bits per heavy atom. The second-order valence-corrected chi connectivity index (χ2v) is 8.01. The highest BCUT2D eigenvalue weighted by Crippen LogP contribution is 2.27. The van der Waals surface area contributed by atoms with Gasteiger partial charge in [-0.25, -0.2) is 13.1 Å². The predicted molar refractivity (Wildman–Crippen MR) is 91.1 cm³/mol. The minimum absolute atomic E-state index is 0.0184. The molecule has 0 unspecified atom stereocenters. The zero-order chi connectivity index (χ0) is 17.9. The van der Waals surface area contributed by atoms with E-state index in [0.29, 0.717) is 11.1 Å². The van der Waals surface area contributed by atoms with Crippen molar-refractivity contribution in [3.05, 3.63) is 28.8 Å². The van der Waals surface area contributed by atoms with Gasteiger partial charge in [0, 0.05) is 11.6 Å². The van der Waals surface area contributed by atoms with Gasteiger partial charge in [-0.05, 0) is 57.0 Å². The van der Waals surface area contributed by atoms with E-state index in [-0.39, 0.29) is 23.4 Å². The van der Waals surface area contributed by atoms with Crippen LogP contribution in [0.4, 0.5) is 0 Å². The van der Waals surface area contributed by atoms with Gasteiger partial charge in [-0.3, -0.25) is 4.79 Å². The first-order valence-corrected chi connectivity index (χ1v) is 9.53. The van der Waals surface area contributed by atoms with Crippen LogP contribution in [0.5, 0.6) is 0 Å². The predicted octanol–water partition coefficient (Wildman–Crippen LogP) is 2.12. The van der Waals surface area contributed by atoms with Crippen LogP contribution in [-0.2, 0) is 10.0 Å². The average Bonchev–Trinajstić information content (AvgIpc) is 3.08. The Morgan fingerprint density at radius 1 is 1.33 bits per heavy atom. The summed E-state index contributed by atoms with van der Waals surface area (Å²) in [5.74, 6) is -0.279. The smallest absolute Gasteiger partial charge is 0.255 e. The van der Waals surface area contributed by atoms with E-state index >= 15 is 0 Å². The molecular formula is C17H23N3O3S. The molecule has 24 heavy (non-hydrogen) atoms. The molecule has 130 valence electrons. The Balaban J connectivity index is 2.47. The van der Waals surface area contributed by atoms with Crippen LogP contribution in [0.15, 0.2) is 17.0 Å². The van der Waals surface area contributed by atoms with Crippen LogP contribution in [0.3, 0.4) is 0 Å². The minimum Gasteiger partial charge on any atom is -0.322 e. The molecule has 0 radical (unpaired) electrons. The van der Waals surface area contributed by atoms with Crippen molar-refractivity contribution in [3.8, 4) is 6.07 Å². The van der Waals surface area contributed by atoms with Crippen LogP contribution in [0.2, 0.25) is 0 Å². The molecule has 0 saturated heterocycles. The lowest BCUT2D eigenvalue weighted by atomic mass is 10.0. The molecule has 0 heterocycles. The maximum absolute atomic E-state index is 12.9. The van der Waals surface area contributed by atoms with Gasteiger partial charge in [0.2, 0.25) is 10.0 Å². The minimum atomic E-state index is -3.65. The van der Waals surface area contributed by atoms with E-state index in [0.717, 1.165) is 31.2 Å². The molecule has 1 amide bonds. The summed E-state index contributed by atoms with van der Waals surface area (Å²) in [6.07, 6.45) is 3.87. The molecule has 1 aromatic rings. The van der Waals surface area contributed by atoms with Crippen molar-refractivity contribution in [2.75, 3.05) is 13.6 Å². The lowest BCUT2D eigenvalue weighted by molar-refractivity contribution is 0.0709. The molecule has 1 saturated carbocycles. The Hall–Kier alpha value is -1.91. The summed E-state index contributed by atoms with van der Waals surface area (Å²) < 4.78 is 26.7. The van der Waals surface area contributed by atoms with E-state index in [1.807, 2.05) is 0 Å². The van der Waals surface area contributed by atoms with E-state index in [1.165, 1.54) is 13.1 Å². The number of rotatable bonds is 5. The molecule has 7 heteroatoms. The molecule has 1 aliphatic carbocycles. The maximum atomic E-state index is 12.9. The van der Waals surface area contributed by atoms with Crippen molar-refractivity contribution in [2.24, 2.45) is 0 Å². The number of nitriles is 1. The molecule has 2 rings (SSSR count). The van der Waals surface area contributed by atoms with E-state index in [2.05, 4.69) is 10.8 Å². The number of benzene rings is 1. The standard InChI is InChI=1S/C17H23N3O3S/c1-12-10-14(11-16(13(12)2)24(22,23)19-3)17(21)20(9-8-18)15-6-4-5-7-15/h10-11,15,19H,4-7,9H2,1-3H3. The highest BCUT2D eigenvalue weighted by molar-refractivity contribution is 7.89. The first kappa shape index (κ1) is 18.4. The molecular weight excluding hydrogens is 326 g/mol. The number of sulfonamides is 1. The van der Waals surface area contributed by atoms with Gasteiger partial charge in [0.25, 0.3) is 5.91 Å². The lowest BCUT2D eigenvalue weighted by Crippen LogP contribution is -2.39. The summed E-state index contributed by atoms with van der Waals surface area (Å²) in [5.41, 5.74) is 1.67. The molecule has 0 aromatic heterocycles. The second kappa shape index (κ2) is 7.32. The van der Waals surface area contributed by atoms with Gasteiger partial charge in [-0.1, -0.05) is 12.8 Å². The molecule has 1 fully saturated rings. The van der Waals surface area contributed by atoms with Crippen molar-refractivity contribution < 1.29 is 13.2 Å². The van der Waals surface area contributed by atoms with Crippen molar-refractivity contribution >= 4 is 15.9 Å². The van der Waals surface area contributed by atoms with E-state index in [9.17, 15) is 13.2 Å². The topological polar surface area (TPSA) is 90.3 Å². The molecule has 6 nitrogen and oxygen atoms in total. The highest BCUT2D eigenvalue weighted by atomic mass is 32.2. The average molecular weight is 349 g/mol. The Bertz CT molecular complexity index is 775. The summed E-state index contributed by atoms with van der Waals surface area (Å²) in [7, 11) is -2.30. The van der Waals surface area contributed by atoms with Crippen molar-refractivity contribution in [3.63, 3.8) is 0 Å². The third-order valence-electron chi connectivity index (χ3n) is 4.69. The Kier molecular flexibility index (Phi) is 5.62. The van der Waals surface area contributed by atoms with Crippen LogP contribution in [0, 0.1) is 25.2 Å². The highest BCUT2D eigenvalue weighted by Gasteiger charge is 2.28. The molecule has 0 aliphatic heterocycles. The first-order valence-electron chi connectivity index (χ1n) is 8.04. The largest absolute Gasteiger partial charge is 0.322 e. The van der Waals surface area contributed by atoms with Gasteiger partial charge in [-0.2, -0.15) is 5.26 Å². The second-order valence-electron chi connectivity index (χ2n) is 6.15. The monoisotopic (exact) mass is 349 g/mol. The first-order chi connectivity index (χ1) is 11.3. The Morgan fingerprint density at radius 2 is 1.96 bits per heavy atom. The van der Waals surface area contributed by atoms with Gasteiger partial charge in [0.05, 0.1) is 11.0 Å². The fraction of sp³-hybridized carbons (Fsp3) is 0.529. The third kappa shape index (κ3) is 3.60. The number of nitrogens with one attached hydrogen (secondary N) is 1. The van der Waals surface area contributed by atoms with E-state index < -0.39 is 10.0 Å². The van der Waals surface area contributed by atoms with Crippen LogP contribution in [0.1, 0.15) is 47.2 Å². The van der Waals surface area contributed by atoms with Crippen molar-refractivity contribution in [2.45, 2.75) is 50.5 Å². The van der Waals surface area contributed by atoms with Gasteiger partial charge in [0.1, 0.15) is 6.54 Å². The molecule has 1 N–H and O–H groups in total. The third-order valence-corrected chi connectivity index (χ3v) is 6.23. The number of carbonyl (C=O) groups excluding carboxylic acids is 1. The van der Waals surface area contributed by atoms with Gasteiger partial charge >= 0.3 is 0 Å². The molecule has 0 spiro atoms. The lowest BCUT2D eigenvalue weighted by Gasteiger charge is -2.27. The number of hydrogen-bond acceptors (Lipinski definition) is 4. The summed E-state index contributed by atoms with van der Waals surface area (Å²) in [6.45, 7) is 3.52. The van der Waals surface area contributed by atoms with Crippen LogP contribution in [-0.4, -0.2) is 38.9 Å². The van der Waals surface area contributed by atoms with Crippen LogP contribution < -0.4 is 4.72 Å². The van der Waals surface area contributed by atoms with Gasteiger partial charge in [0.15, 0.2) is 0 Å². The van der Waals surface area contributed by atoms with Gasteiger partial charge in [-0.15, -0.1) is 0 Å². The Labute approximate surface area is 143 Å². The SMILES string of the molecule is CNS(=O)(=O)c1cc(C(=O)N(CC#N)C2CCCC2)cc(C)c1C. The molecule has 0 bridgehead atoms.